The summed E-state index contributed by atoms with van der Waals surface area (Å²) in [5, 5.41) is 3.95. The topological polar surface area (TPSA) is 56.2 Å². The smallest absolute Gasteiger partial charge is 0.245 e. The van der Waals surface area contributed by atoms with Gasteiger partial charge >= 0.3 is 0 Å². The van der Waals surface area contributed by atoms with Gasteiger partial charge in [0.15, 0.2) is 0 Å². The molecular formula is C11H9N3O2S2. The molecule has 5 nitrogen and oxygen atoms in total. The summed E-state index contributed by atoms with van der Waals surface area (Å²) in [5.41, 5.74) is 1.26. The highest BCUT2D eigenvalue weighted by Crippen LogP contribution is 2.38. The molecule has 4 heterocycles. The molecule has 92 valence electrons. The molecular weight excluding hydrogens is 270 g/mol. The first kappa shape index (κ1) is 10.6. The summed E-state index contributed by atoms with van der Waals surface area (Å²) in [6.45, 7) is 1.64. The van der Waals surface area contributed by atoms with Crippen LogP contribution < -0.4 is 5.32 Å². The zero-order valence-corrected chi connectivity index (χ0v) is 11.0. The first-order valence-corrected chi connectivity index (χ1v) is 6.89. The number of anilines is 1. The molecule has 0 fully saturated rings. The molecule has 0 unspecified atom stereocenters. The summed E-state index contributed by atoms with van der Waals surface area (Å²) < 4.78 is 7.71. The Morgan fingerprint density at radius 2 is 2.39 bits per heavy atom. The van der Waals surface area contributed by atoms with Crippen molar-refractivity contribution in [3.05, 3.63) is 15.2 Å². The van der Waals surface area contributed by atoms with Crippen LogP contribution >= 0.6 is 23.6 Å². The largest absolute Gasteiger partial charge is 0.376 e. The summed E-state index contributed by atoms with van der Waals surface area (Å²) in [4.78, 5) is 18.1. The Bertz CT molecular complexity index is 747. The van der Waals surface area contributed by atoms with E-state index < -0.39 is 0 Å². The maximum Gasteiger partial charge on any atom is 0.245 e. The predicted molar refractivity (Wildman–Crippen MR) is 70.4 cm³/mol. The number of carbonyl (C=O) groups excluding carboxylic acids is 1. The summed E-state index contributed by atoms with van der Waals surface area (Å²) >= 11 is 6.85. The number of thiophene rings is 1. The van der Waals surface area contributed by atoms with Crippen molar-refractivity contribution in [2.45, 2.75) is 19.6 Å². The van der Waals surface area contributed by atoms with Crippen LogP contribution in [0, 0.1) is 4.77 Å². The van der Waals surface area contributed by atoms with E-state index in [0.717, 1.165) is 29.1 Å². The van der Waals surface area contributed by atoms with E-state index >= 15 is 0 Å². The fourth-order valence-electron chi connectivity index (χ4n) is 2.51. The molecule has 0 radical (unpaired) electrons. The standard InChI is InChI=1S/C11H9N3O2S2/c15-7-3-14-9(12-7)8-5-1-2-16-4-6(5)18-10(8)13-11(14)17/h1-4H2,(H,12,15). The maximum absolute atomic E-state index is 11.6. The third kappa shape index (κ3) is 1.32. The van der Waals surface area contributed by atoms with Crippen LogP contribution in [0.5, 0.6) is 0 Å². The molecule has 1 N–H and O–H groups in total. The second-order valence-corrected chi connectivity index (χ2v) is 5.81. The predicted octanol–water partition coefficient (Wildman–Crippen LogP) is 1.85. The van der Waals surface area contributed by atoms with Crippen LogP contribution in [0.2, 0.25) is 0 Å². The second kappa shape index (κ2) is 3.59. The van der Waals surface area contributed by atoms with Gasteiger partial charge in [-0.05, 0) is 24.2 Å². The van der Waals surface area contributed by atoms with Gasteiger partial charge in [-0.3, -0.25) is 9.36 Å². The highest BCUT2D eigenvalue weighted by atomic mass is 32.1. The van der Waals surface area contributed by atoms with Crippen LogP contribution in [0.3, 0.4) is 0 Å². The van der Waals surface area contributed by atoms with Gasteiger partial charge in [-0.15, -0.1) is 11.3 Å². The van der Waals surface area contributed by atoms with E-state index in [1.165, 1.54) is 10.4 Å². The van der Waals surface area contributed by atoms with E-state index in [4.69, 9.17) is 17.0 Å². The lowest BCUT2D eigenvalue weighted by atomic mass is 10.1. The third-order valence-corrected chi connectivity index (χ3v) is 4.71. The van der Waals surface area contributed by atoms with E-state index in [2.05, 4.69) is 10.3 Å². The van der Waals surface area contributed by atoms with E-state index in [1.807, 2.05) is 0 Å². The first-order chi connectivity index (χ1) is 8.74. The highest BCUT2D eigenvalue weighted by Gasteiger charge is 2.26. The second-order valence-electron chi connectivity index (χ2n) is 4.36. The van der Waals surface area contributed by atoms with Crippen LogP contribution in [0.4, 0.5) is 5.82 Å². The molecule has 2 aliphatic heterocycles. The van der Waals surface area contributed by atoms with Gasteiger partial charge in [0, 0.05) is 4.88 Å². The minimum absolute atomic E-state index is 0.0255. The molecule has 2 aromatic heterocycles. The molecule has 0 bridgehead atoms. The minimum atomic E-state index is -0.0255. The van der Waals surface area contributed by atoms with Gasteiger partial charge in [0.25, 0.3) is 0 Å². The molecule has 0 aromatic carbocycles. The molecule has 0 atom stereocenters. The van der Waals surface area contributed by atoms with Crippen molar-refractivity contribution >= 4 is 45.5 Å². The van der Waals surface area contributed by atoms with E-state index in [0.29, 0.717) is 11.4 Å². The average molecular weight is 279 g/mol. The van der Waals surface area contributed by atoms with Gasteiger partial charge in [0.05, 0.1) is 18.6 Å². The molecule has 4 rings (SSSR count). The quantitative estimate of drug-likeness (QED) is 0.748. The van der Waals surface area contributed by atoms with Crippen LogP contribution in [0.15, 0.2) is 0 Å². The van der Waals surface area contributed by atoms with Crippen molar-refractivity contribution in [2.75, 3.05) is 11.9 Å². The summed E-state index contributed by atoms with van der Waals surface area (Å²) in [5.74, 6) is 0.789. The molecule has 0 saturated carbocycles. The van der Waals surface area contributed by atoms with Crippen LogP contribution in [-0.2, 0) is 29.1 Å². The Morgan fingerprint density at radius 3 is 3.28 bits per heavy atom. The molecule has 1 amide bonds. The Kier molecular flexibility index (Phi) is 2.12. The Balaban J connectivity index is 2.13. The van der Waals surface area contributed by atoms with Crippen molar-refractivity contribution in [1.29, 1.82) is 0 Å². The van der Waals surface area contributed by atoms with E-state index in [1.54, 1.807) is 15.9 Å². The van der Waals surface area contributed by atoms with Gasteiger partial charge in [0.1, 0.15) is 17.2 Å². The molecule has 18 heavy (non-hydrogen) atoms. The minimum Gasteiger partial charge on any atom is -0.376 e. The number of amides is 1. The van der Waals surface area contributed by atoms with Crippen LogP contribution in [0.1, 0.15) is 10.4 Å². The lowest BCUT2D eigenvalue weighted by molar-refractivity contribution is -0.115. The van der Waals surface area contributed by atoms with Gasteiger partial charge in [-0.2, -0.15) is 0 Å². The molecule has 7 heteroatoms. The Labute approximate surface area is 111 Å². The number of hydrogen-bond acceptors (Lipinski definition) is 5. The van der Waals surface area contributed by atoms with E-state index in [9.17, 15) is 4.79 Å². The first-order valence-electron chi connectivity index (χ1n) is 5.67. The van der Waals surface area contributed by atoms with Crippen molar-refractivity contribution in [1.82, 2.24) is 9.55 Å². The number of nitrogens with zero attached hydrogens (tertiary/aromatic N) is 2. The number of aromatic nitrogens is 2. The molecule has 0 saturated heterocycles. The van der Waals surface area contributed by atoms with Crippen molar-refractivity contribution in [3.63, 3.8) is 0 Å². The van der Waals surface area contributed by atoms with Crippen LogP contribution in [-0.4, -0.2) is 22.1 Å². The van der Waals surface area contributed by atoms with Crippen LogP contribution in [0.25, 0.3) is 10.2 Å². The van der Waals surface area contributed by atoms with Crippen molar-refractivity contribution in [2.24, 2.45) is 0 Å². The fourth-order valence-corrected chi connectivity index (χ4v) is 3.97. The van der Waals surface area contributed by atoms with Gasteiger partial charge in [0.2, 0.25) is 10.7 Å². The fraction of sp³-hybridized carbons (Fsp3) is 0.364. The number of rotatable bonds is 0. The number of nitrogens with one attached hydrogen (secondary N) is 1. The van der Waals surface area contributed by atoms with Gasteiger partial charge in [-0.25, -0.2) is 4.98 Å². The molecule has 0 aliphatic carbocycles. The number of ether oxygens (including phenoxy) is 1. The average Bonchev–Trinajstić information content (AvgIpc) is 2.88. The van der Waals surface area contributed by atoms with E-state index in [-0.39, 0.29) is 12.5 Å². The molecule has 2 aliphatic rings. The monoisotopic (exact) mass is 279 g/mol. The molecule has 2 aromatic rings. The van der Waals surface area contributed by atoms with Crippen molar-refractivity contribution < 1.29 is 9.53 Å². The Morgan fingerprint density at radius 1 is 1.50 bits per heavy atom. The number of carbonyl (C=O) groups is 1. The molecule has 0 spiro atoms. The summed E-state index contributed by atoms with van der Waals surface area (Å²) in [7, 11) is 0. The van der Waals surface area contributed by atoms with Crippen molar-refractivity contribution in [3.8, 4) is 0 Å². The lowest BCUT2D eigenvalue weighted by Crippen LogP contribution is -2.08. The lowest BCUT2D eigenvalue weighted by Gasteiger charge is -2.12. The summed E-state index contributed by atoms with van der Waals surface area (Å²) in [6.07, 6.45) is 0.872. The number of hydrogen-bond donors (Lipinski definition) is 1. The maximum atomic E-state index is 11.6. The zero-order valence-electron chi connectivity index (χ0n) is 9.36. The van der Waals surface area contributed by atoms with Gasteiger partial charge < -0.3 is 10.1 Å². The van der Waals surface area contributed by atoms with Gasteiger partial charge in [-0.1, -0.05) is 0 Å². The third-order valence-electron chi connectivity index (χ3n) is 3.30. The Hall–Kier alpha value is -1.31. The highest BCUT2D eigenvalue weighted by molar-refractivity contribution is 7.71. The summed E-state index contributed by atoms with van der Waals surface area (Å²) in [6, 6.07) is 0. The number of fused-ring (bicyclic) bond motifs is 5. The zero-order chi connectivity index (χ0) is 12.3. The SMILES string of the molecule is O=C1Cn2c(c3c4c(sc3nc2=S)COCC4)N1. The normalized spacial score (nSPS) is 17.7.